The van der Waals surface area contributed by atoms with Crippen LogP contribution in [0.4, 0.5) is 0 Å². The molecule has 0 N–H and O–H groups in total. The van der Waals surface area contributed by atoms with E-state index in [0.717, 1.165) is 23.3 Å². The zero-order chi connectivity index (χ0) is 9.97. The van der Waals surface area contributed by atoms with E-state index in [1.165, 1.54) is 11.3 Å². The van der Waals surface area contributed by atoms with Gasteiger partial charge in [-0.3, -0.25) is 4.79 Å². The Bertz CT molecular complexity index is 381. The number of allylic oxidation sites excluding steroid dienone is 2. The third-order valence-electron chi connectivity index (χ3n) is 2.18. The fourth-order valence-corrected chi connectivity index (χ4v) is 2.26. The number of rotatable bonds is 2. The van der Waals surface area contributed by atoms with E-state index in [9.17, 15) is 4.79 Å². The Kier molecular flexibility index (Phi) is 2.63. The molecule has 0 amide bonds. The fourth-order valence-electron chi connectivity index (χ4n) is 1.47. The first kappa shape index (κ1) is 9.40. The second kappa shape index (κ2) is 3.92. The fraction of sp³-hybridized carbons (Fsp3) is 0.400. The Morgan fingerprint density at radius 2 is 2.43 bits per heavy atom. The van der Waals surface area contributed by atoms with Gasteiger partial charge in [-0.05, 0) is 12.8 Å². The van der Waals surface area contributed by atoms with Gasteiger partial charge in [0.25, 0.3) is 5.19 Å². The highest BCUT2D eigenvalue weighted by atomic mass is 32.1. The molecule has 1 heterocycles. The van der Waals surface area contributed by atoms with Crippen LogP contribution >= 0.6 is 11.3 Å². The Labute approximate surface area is 86.4 Å². The average molecular weight is 209 g/mol. The third kappa shape index (κ3) is 1.70. The van der Waals surface area contributed by atoms with Crippen molar-refractivity contribution in [2.24, 2.45) is 0 Å². The van der Waals surface area contributed by atoms with E-state index in [-0.39, 0.29) is 5.78 Å². The number of Topliss-reactive ketones (excluding diaryl/α,β-unsaturated/α-hetero) is 1. The maximum Gasteiger partial charge on any atom is 0.273 e. The van der Waals surface area contributed by atoms with Crippen LogP contribution in [0.5, 0.6) is 5.19 Å². The summed E-state index contributed by atoms with van der Waals surface area (Å²) in [6.07, 6.45) is 6.32. The summed E-state index contributed by atoms with van der Waals surface area (Å²) in [4.78, 5) is 16.5. The van der Waals surface area contributed by atoms with Crippen molar-refractivity contribution < 1.29 is 9.53 Å². The minimum atomic E-state index is 0.225. The molecule has 2 rings (SSSR count). The predicted molar refractivity (Wildman–Crippen MR) is 55.5 cm³/mol. The van der Waals surface area contributed by atoms with Gasteiger partial charge in [0.15, 0.2) is 5.78 Å². The Morgan fingerprint density at radius 1 is 1.57 bits per heavy atom. The van der Waals surface area contributed by atoms with Crippen molar-refractivity contribution in [3.8, 4) is 5.19 Å². The maximum atomic E-state index is 11.6. The lowest BCUT2D eigenvalue weighted by atomic mass is 9.97. The lowest BCUT2D eigenvalue weighted by Crippen LogP contribution is -2.04. The van der Waals surface area contributed by atoms with E-state index < -0.39 is 0 Å². The van der Waals surface area contributed by atoms with Crippen LogP contribution in [0.3, 0.4) is 0 Å². The topological polar surface area (TPSA) is 39.2 Å². The number of carbonyl (C=O) groups excluding carboxylic acids is 1. The largest absolute Gasteiger partial charge is 0.473 e. The Balaban J connectivity index is 2.29. The van der Waals surface area contributed by atoms with Crippen LogP contribution in [0.2, 0.25) is 0 Å². The molecule has 0 unspecified atom stereocenters. The molecule has 1 aromatic rings. The van der Waals surface area contributed by atoms with Crippen LogP contribution in [0, 0.1) is 0 Å². The molecule has 0 atom stereocenters. The van der Waals surface area contributed by atoms with Gasteiger partial charge in [-0.2, -0.15) is 0 Å². The first-order valence-corrected chi connectivity index (χ1v) is 5.36. The summed E-state index contributed by atoms with van der Waals surface area (Å²) in [5.74, 6) is 0.225. The van der Waals surface area contributed by atoms with Gasteiger partial charge >= 0.3 is 0 Å². The molecular formula is C10H11NO2S. The summed E-state index contributed by atoms with van der Waals surface area (Å²) in [5, 5.41) is 0.610. The normalized spacial score (nSPS) is 16.6. The molecular weight excluding hydrogens is 198 g/mol. The highest BCUT2D eigenvalue weighted by Gasteiger charge is 2.17. The van der Waals surface area contributed by atoms with Crippen molar-refractivity contribution in [2.75, 3.05) is 7.11 Å². The van der Waals surface area contributed by atoms with Crippen molar-refractivity contribution in [1.29, 1.82) is 0 Å². The van der Waals surface area contributed by atoms with E-state index in [4.69, 9.17) is 4.74 Å². The molecule has 0 aliphatic heterocycles. The number of nitrogens with zero attached hydrogens (tertiary/aromatic N) is 1. The lowest BCUT2D eigenvalue weighted by molar-refractivity contribution is -0.114. The summed E-state index contributed by atoms with van der Waals surface area (Å²) in [6.45, 7) is 0. The summed E-state index contributed by atoms with van der Waals surface area (Å²) in [6, 6.07) is 0. The Morgan fingerprint density at radius 3 is 3.07 bits per heavy atom. The molecule has 0 radical (unpaired) electrons. The monoisotopic (exact) mass is 209 g/mol. The van der Waals surface area contributed by atoms with Crippen LogP contribution in [0.15, 0.2) is 12.3 Å². The molecule has 0 saturated heterocycles. The van der Waals surface area contributed by atoms with Gasteiger partial charge in [-0.15, -0.1) is 0 Å². The number of thiazole rings is 1. The number of hydrogen-bond acceptors (Lipinski definition) is 4. The van der Waals surface area contributed by atoms with Gasteiger partial charge in [-0.1, -0.05) is 17.4 Å². The molecule has 1 aliphatic carbocycles. The average Bonchev–Trinajstić information content (AvgIpc) is 2.67. The summed E-state index contributed by atoms with van der Waals surface area (Å²) in [5.41, 5.74) is 0.817. The molecule has 4 heteroatoms. The second-order valence-corrected chi connectivity index (χ2v) is 4.12. The number of aromatic nitrogens is 1. The summed E-state index contributed by atoms with van der Waals surface area (Å²) < 4.78 is 4.99. The lowest BCUT2D eigenvalue weighted by Gasteiger charge is -2.08. The molecule has 0 saturated carbocycles. The minimum absolute atomic E-state index is 0.225. The van der Waals surface area contributed by atoms with Crippen LogP contribution in [0.25, 0.3) is 5.57 Å². The van der Waals surface area contributed by atoms with Crippen LogP contribution in [0.1, 0.15) is 24.1 Å². The van der Waals surface area contributed by atoms with Crippen molar-refractivity contribution in [1.82, 2.24) is 4.98 Å². The van der Waals surface area contributed by atoms with E-state index in [0.29, 0.717) is 11.6 Å². The quantitative estimate of drug-likeness (QED) is 0.750. The zero-order valence-electron chi connectivity index (χ0n) is 7.95. The van der Waals surface area contributed by atoms with Crippen LogP contribution in [-0.4, -0.2) is 17.9 Å². The number of ether oxygens (including phenoxy) is 1. The highest BCUT2D eigenvalue weighted by Crippen LogP contribution is 2.30. The van der Waals surface area contributed by atoms with Gasteiger partial charge in [-0.25, -0.2) is 4.98 Å². The maximum absolute atomic E-state index is 11.6. The molecule has 0 bridgehead atoms. The molecule has 1 aliphatic rings. The van der Waals surface area contributed by atoms with Crippen LogP contribution in [-0.2, 0) is 4.79 Å². The van der Waals surface area contributed by atoms with Gasteiger partial charge in [0.1, 0.15) is 0 Å². The number of ketones is 1. The molecule has 0 spiro atoms. The third-order valence-corrected chi connectivity index (χ3v) is 3.17. The smallest absolute Gasteiger partial charge is 0.273 e. The SMILES string of the molecule is COc1ncc(C2=CCCCC2=O)s1. The van der Waals surface area contributed by atoms with Gasteiger partial charge in [0.2, 0.25) is 0 Å². The number of hydrogen-bond donors (Lipinski definition) is 0. The standard InChI is InChI=1S/C10H11NO2S/c1-13-10-11-6-9(14-10)7-4-2-3-5-8(7)12/h4,6H,2-3,5H2,1H3. The van der Waals surface area contributed by atoms with Crippen molar-refractivity contribution in [3.63, 3.8) is 0 Å². The van der Waals surface area contributed by atoms with Crippen LogP contribution < -0.4 is 4.74 Å². The van der Waals surface area contributed by atoms with Crippen molar-refractivity contribution in [2.45, 2.75) is 19.3 Å². The van der Waals surface area contributed by atoms with Gasteiger partial charge in [0.05, 0.1) is 12.0 Å². The van der Waals surface area contributed by atoms with E-state index in [1.54, 1.807) is 13.3 Å². The minimum Gasteiger partial charge on any atom is -0.473 e. The first-order chi connectivity index (χ1) is 6.81. The van der Waals surface area contributed by atoms with E-state index in [1.807, 2.05) is 6.08 Å². The second-order valence-electron chi connectivity index (χ2n) is 3.13. The van der Waals surface area contributed by atoms with Gasteiger partial charge in [0, 0.05) is 18.2 Å². The molecule has 3 nitrogen and oxygen atoms in total. The predicted octanol–water partition coefficient (Wildman–Crippen LogP) is 2.29. The van der Waals surface area contributed by atoms with Crippen molar-refractivity contribution >= 4 is 22.7 Å². The summed E-state index contributed by atoms with van der Waals surface area (Å²) >= 11 is 1.42. The molecule has 74 valence electrons. The molecule has 14 heavy (non-hydrogen) atoms. The van der Waals surface area contributed by atoms with Crippen molar-refractivity contribution in [3.05, 3.63) is 17.2 Å². The first-order valence-electron chi connectivity index (χ1n) is 4.55. The summed E-state index contributed by atoms with van der Waals surface area (Å²) in [7, 11) is 1.58. The Hall–Kier alpha value is -1.16. The zero-order valence-corrected chi connectivity index (χ0v) is 8.76. The van der Waals surface area contributed by atoms with Gasteiger partial charge < -0.3 is 4.74 Å². The number of methoxy groups -OCH3 is 1. The molecule has 1 aromatic heterocycles. The highest BCUT2D eigenvalue weighted by molar-refractivity contribution is 7.14. The molecule has 0 fully saturated rings. The van der Waals surface area contributed by atoms with E-state index in [2.05, 4.69) is 4.98 Å². The number of carbonyl (C=O) groups is 1. The molecule has 0 aromatic carbocycles. The van der Waals surface area contributed by atoms with E-state index >= 15 is 0 Å².